The smallest absolute Gasteiger partial charge is 1.00 e. The molecule has 0 aliphatic carbocycles. The van der Waals surface area contributed by atoms with Crippen LogP contribution >= 0.6 is 18.3 Å². The molecule has 0 aromatic rings. The van der Waals surface area contributed by atoms with E-state index in [1.165, 1.54) is 0 Å². The normalized spacial score (nSPS) is 15.3. The minimum atomic E-state index is -4.67. The third-order valence-corrected chi connectivity index (χ3v) is 0. The average molecular weight is 273 g/mol. The molecule has 0 aliphatic rings. The zero-order valence-electron chi connectivity index (χ0n) is 5.47. The van der Waals surface area contributed by atoms with Crippen LogP contribution in [0.2, 0.25) is 0 Å². The van der Waals surface area contributed by atoms with Gasteiger partial charge in [0.15, 0.2) is 0 Å². The monoisotopic (exact) mass is 274 g/mol. The fourth-order valence-corrected chi connectivity index (χ4v) is 0. The number of hydrogen-bond donors (Lipinski definition) is 1. The second-order valence-electron chi connectivity index (χ2n) is 0.435. The van der Waals surface area contributed by atoms with Crippen molar-refractivity contribution in [2.45, 2.75) is 0 Å². The van der Waals surface area contributed by atoms with Gasteiger partial charge in [-0.3, -0.25) is 0 Å². The van der Waals surface area contributed by atoms with Gasteiger partial charge in [0.1, 0.15) is 0 Å². The fraction of sp³-hybridized carbons (Fsp3) is 0. The van der Waals surface area contributed by atoms with Gasteiger partial charge < -0.3 is 7.75 Å². The van der Waals surface area contributed by atoms with Gasteiger partial charge in [-0.25, -0.2) is 4.57 Å². The van der Waals surface area contributed by atoms with Crippen molar-refractivity contribution in [1.82, 2.24) is 0 Å². The fourth-order valence-electron chi connectivity index (χ4n) is 0. The van der Waals surface area contributed by atoms with Gasteiger partial charge in [-0.15, -0.1) is 4.20 Å². The van der Waals surface area contributed by atoms with E-state index >= 15 is 0 Å². The molecule has 0 fully saturated rings. The van der Waals surface area contributed by atoms with Crippen LogP contribution in [0.15, 0.2) is 0 Å². The number of hydrogen-bond acceptors (Lipinski definition) is 1. The maximum atomic E-state index is 10.6. The van der Waals surface area contributed by atoms with E-state index < -0.39 is 7.03 Å². The Bertz CT molecular complexity index is 70.7. The summed E-state index contributed by atoms with van der Waals surface area (Å²) in [5.74, 6) is 0. The second kappa shape index (κ2) is 6.71. The van der Waals surface area contributed by atoms with E-state index in [9.17, 15) is 4.20 Å². The quantitative estimate of drug-likeness (QED) is 0.530. The average Bonchev–Trinajstić information content (AvgIpc) is 0.722. The molecule has 7 heteroatoms. The summed E-state index contributed by atoms with van der Waals surface area (Å²) in [4.78, 5) is 7.18. The SMILES string of the molecule is O=P(O)(F)Cl.[Ca+2].[Cd].[H-].[H-]. The summed E-state index contributed by atoms with van der Waals surface area (Å²) < 4.78 is 19.4. The van der Waals surface area contributed by atoms with E-state index in [0.717, 1.165) is 0 Å². The molecule has 7 heavy (non-hydrogen) atoms. The van der Waals surface area contributed by atoms with Crippen molar-refractivity contribution < 1.29 is 43.8 Å². The van der Waals surface area contributed by atoms with Crippen LogP contribution in [0.25, 0.3) is 0 Å². The van der Waals surface area contributed by atoms with Crippen molar-refractivity contribution in [3.63, 3.8) is 0 Å². The topological polar surface area (TPSA) is 37.3 Å². The molecule has 0 heterocycles. The molecule has 0 aromatic carbocycles. The van der Waals surface area contributed by atoms with Crippen LogP contribution in [0.1, 0.15) is 2.85 Å². The summed E-state index contributed by atoms with van der Waals surface area (Å²) in [5.41, 5.74) is 0. The van der Waals surface area contributed by atoms with Crippen LogP contribution in [-0.2, 0) is 31.9 Å². The van der Waals surface area contributed by atoms with Crippen LogP contribution in [0.5, 0.6) is 0 Å². The Kier molecular flexibility index (Phi) is 15.6. The van der Waals surface area contributed by atoms with Gasteiger partial charge in [0, 0.05) is 38.5 Å². The molecule has 1 N–H and O–H groups in total. The third kappa shape index (κ3) is 55.6. The predicted molar refractivity (Wildman–Crippen MR) is 24.8 cm³/mol. The summed E-state index contributed by atoms with van der Waals surface area (Å²) in [7, 11) is -4.67. The Labute approximate surface area is 98.3 Å². The van der Waals surface area contributed by atoms with E-state index in [-0.39, 0.29) is 67.9 Å². The van der Waals surface area contributed by atoms with Crippen molar-refractivity contribution in [3.8, 4) is 0 Å². The molecule has 0 spiro atoms. The van der Waals surface area contributed by atoms with Crippen molar-refractivity contribution in [2.75, 3.05) is 0 Å². The molecular formula is H3CaCdClFO2P. The standard InChI is InChI=1S/Ca.Cd.ClFHO2P.2H/c;;1-5(2,3)4;;/h;;(H,3,4);;/q+2;;;2*-1. The van der Waals surface area contributed by atoms with E-state index in [1.807, 2.05) is 0 Å². The number of halogens is 2. The summed E-state index contributed by atoms with van der Waals surface area (Å²) >= 11 is 3.97. The van der Waals surface area contributed by atoms with Gasteiger partial charge in [-0.05, 0) is 0 Å². The molecule has 38 valence electrons. The first-order valence-electron chi connectivity index (χ1n) is 0.721. The molecule has 0 rings (SSSR count). The molecule has 0 radical (unpaired) electrons. The summed E-state index contributed by atoms with van der Waals surface area (Å²) in [6.07, 6.45) is 0. The first kappa shape index (κ1) is 16.3. The minimum absolute atomic E-state index is 0. The van der Waals surface area contributed by atoms with Gasteiger partial charge in [-0.1, -0.05) is 0 Å². The van der Waals surface area contributed by atoms with E-state index in [2.05, 4.69) is 11.2 Å². The van der Waals surface area contributed by atoms with Crippen LogP contribution in [-0.4, -0.2) is 42.6 Å². The Morgan fingerprint density at radius 1 is 1.86 bits per heavy atom. The van der Waals surface area contributed by atoms with Gasteiger partial charge in [-0.2, -0.15) is 0 Å². The zero-order valence-corrected chi connectivity index (χ0v) is 11.4. The predicted octanol–water partition coefficient (Wildman–Crippen LogP) is 1.14. The van der Waals surface area contributed by atoms with Crippen LogP contribution in [0.3, 0.4) is 0 Å². The summed E-state index contributed by atoms with van der Waals surface area (Å²) in [6.45, 7) is 0. The zero-order chi connectivity index (χ0) is 4.50. The van der Waals surface area contributed by atoms with E-state index in [0.29, 0.717) is 0 Å². The first-order valence-corrected chi connectivity index (χ1v) is 3.18. The molecule has 0 aromatic heterocycles. The third-order valence-electron chi connectivity index (χ3n) is 0. The first-order chi connectivity index (χ1) is 2.00. The minimum Gasteiger partial charge on any atom is -1.00 e. The molecule has 0 saturated carbocycles. The number of rotatable bonds is 0. The van der Waals surface area contributed by atoms with Crippen LogP contribution in [0, 0.1) is 0 Å². The largest absolute Gasteiger partial charge is 2.00 e. The van der Waals surface area contributed by atoms with Gasteiger partial charge in [0.2, 0.25) is 0 Å². The molecule has 2 nitrogen and oxygen atoms in total. The maximum Gasteiger partial charge on any atom is 2.00 e. The molecule has 1 atom stereocenters. The molecule has 0 amide bonds. The van der Waals surface area contributed by atoms with Crippen molar-refractivity contribution in [1.29, 1.82) is 0 Å². The van der Waals surface area contributed by atoms with Gasteiger partial charge in [0.05, 0.1) is 0 Å². The van der Waals surface area contributed by atoms with Gasteiger partial charge in [0.25, 0.3) is 0 Å². The Hall–Kier alpha value is 2.59. The summed E-state index contributed by atoms with van der Waals surface area (Å²) in [6, 6.07) is 0. The molecule has 0 bridgehead atoms. The Balaban J connectivity index is -0.0000000133. The van der Waals surface area contributed by atoms with Crippen LogP contribution < -0.4 is 0 Å². The molecule has 0 saturated heterocycles. The van der Waals surface area contributed by atoms with Gasteiger partial charge >= 0.3 is 44.8 Å². The van der Waals surface area contributed by atoms with Crippen molar-refractivity contribution in [3.05, 3.63) is 0 Å². The Morgan fingerprint density at radius 3 is 1.86 bits per heavy atom. The van der Waals surface area contributed by atoms with E-state index in [1.54, 1.807) is 0 Å². The summed E-state index contributed by atoms with van der Waals surface area (Å²) in [5, 5.41) is 0. The van der Waals surface area contributed by atoms with E-state index in [4.69, 9.17) is 9.46 Å². The van der Waals surface area contributed by atoms with Crippen LogP contribution in [0.4, 0.5) is 4.20 Å². The molecular weight excluding hydrogens is 270 g/mol. The van der Waals surface area contributed by atoms with Crippen molar-refractivity contribution in [2.24, 2.45) is 0 Å². The maximum absolute atomic E-state index is 10.6. The molecule has 0 aliphatic heterocycles. The van der Waals surface area contributed by atoms with Crippen molar-refractivity contribution >= 4 is 56.0 Å². The molecule has 1 unspecified atom stereocenters. The second-order valence-corrected chi connectivity index (χ2v) is 2.56. The Morgan fingerprint density at radius 2 is 1.86 bits per heavy atom.